The van der Waals surface area contributed by atoms with Crippen molar-refractivity contribution in [1.29, 1.82) is 0 Å². The van der Waals surface area contributed by atoms with Crippen molar-refractivity contribution in [2.24, 2.45) is 0 Å². The van der Waals surface area contributed by atoms with Crippen LogP contribution in [0.4, 0.5) is 5.69 Å². The number of non-ortho nitro benzene ring substituents is 1. The highest BCUT2D eigenvalue weighted by Gasteiger charge is 2.33. The predicted molar refractivity (Wildman–Crippen MR) is 93.7 cm³/mol. The molecule has 7 nitrogen and oxygen atoms in total. The van der Waals surface area contributed by atoms with Crippen LogP contribution in [-0.2, 0) is 0 Å². The van der Waals surface area contributed by atoms with Crippen molar-refractivity contribution in [2.75, 3.05) is 13.3 Å². The predicted octanol–water partition coefficient (Wildman–Crippen LogP) is 3.95. The highest BCUT2D eigenvalue weighted by atomic mass is 35.5. The third kappa shape index (κ3) is 2.84. The van der Waals surface area contributed by atoms with Gasteiger partial charge in [-0.05, 0) is 36.6 Å². The van der Waals surface area contributed by atoms with Crippen molar-refractivity contribution in [3.8, 4) is 11.5 Å². The highest BCUT2D eigenvalue weighted by molar-refractivity contribution is 6.34. The van der Waals surface area contributed by atoms with E-state index in [1.54, 1.807) is 4.90 Å². The fraction of sp³-hybridized carbons (Fsp3) is 0.278. The molecule has 0 saturated carbocycles. The largest absolute Gasteiger partial charge is 0.454 e. The number of benzene rings is 2. The van der Waals surface area contributed by atoms with E-state index in [-0.39, 0.29) is 35.0 Å². The van der Waals surface area contributed by atoms with Gasteiger partial charge in [-0.25, -0.2) is 0 Å². The molecule has 0 aromatic heterocycles. The van der Waals surface area contributed by atoms with Crippen molar-refractivity contribution >= 4 is 23.2 Å². The number of carbonyl (C=O) groups is 1. The van der Waals surface area contributed by atoms with Gasteiger partial charge in [0.15, 0.2) is 11.5 Å². The number of carbonyl (C=O) groups excluding carboxylic acids is 1. The van der Waals surface area contributed by atoms with Gasteiger partial charge in [-0.1, -0.05) is 17.7 Å². The maximum atomic E-state index is 13.0. The molecule has 26 heavy (non-hydrogen) atoms. The fourth-order valence-corrected chi connectivity index (χ4v) is 3.62. The Morgan fingerprint density at radius 1 is 1.19 bits per heavy atom. The molecule has 4 rings (SSSR count). The van der Waals surface area contributed by atoms with Crippen LogP contribution in [0.25, 0.3) is 0 Å². The molecular weight excluding hydrogens is 360 g/mol. The quantitative estimate of drug-likeness (QED) is 0.600. The first kappa shape index (κ1) is 16.7. The molecule has 2 aromatic rings. The van der Waals surface area contributed by atoms with E-state index in [2.05, 4.69) is 0 Å². The molecule has 1 saturated heterocycles. The molecule has 0 spiro atoms. The second kappa shape index (κ2) is 6.49. The van der Waals surface area contributed by atoms with E-state index in [9.17, 15) is 14.9 Å². The molecule has 2 aliphatic heterocycles. The van der Waals surface area contributed by atoms with Gasteiger partial charge in [-0.3, -0.25) is 14.9 Å². The molecule has 1 unspecified atom stereocenters. The number of nitrogens with zero attached hydrogens (tertiary/aromatic N) is 2. The minimum atomic E-state index is -0.535. The van der Waals surface area contributed by atoms with Gasteiger partial charge in [-0.2, -0.15) is 0 Å². The monoisotopic (exact) mass is 374 g/mol. The van der Waals surface area contributed by atoms with Gasteiger partial charge in [0.05, 0.1) is 21.6 Å². The summed E-state index contributed by atoms with van der Waals surface area (Å²) in [5.74, 6) is 1.04. The SMILES string of the molecule is O=C(c1cc([N+](=O)[O-])ccc1Cl)N1CCCC1c1ccc2c(c1)OCO2. The third-order valence-electron chi connectivity index (χ3n) is 4.69. The maximum Gasteiger partial charge on any atom is 0.270 e. The van der Waals surface area contributed by atoms with Crippen LogP contribution in [0.15, 0.2) is 36.4 Å². The normalized spacial score (nSPS) is 18.2. The lowest BCUT2D eigenvalue weighted by molar-refractivity contribution is -0.384. The Bertz CT molecular complexity index is 901. The zero-order chi connectivity index (χ0) is 18.3. The van der Waals surface area contributed by atoms with E-state index in [1.807, 2.05) is 18.2 Å². The van der Waals surface area contributed by atoms with E-state index in [0.29, 0.717) is 18.0 Å². The summed E-state index contributed by atoms with van der Waals surface area (Å²) in [6, 6.07) is 9.41. The molecule has 0 radical (unpaired) electrons. The van der Waals surface area contributed by atoms with E-state index in [0.717, 1.165) is 18.4 Å². The van der Waals surface area contributed by atoms with Gasteiger partial charge in [0.25, 0.3) is 11.6 Å². The molecule has 0 N–H and O–H groups in total. The summed E-state index contributed by atoms with van der Waals surface area (Å²) in [7, 11) is 0. The summed E-state index contributed by atoms with van der Waals surface area (Å²) in [4.78, 5) is 25.2. The van der Waals surface area contributed by atoms with Crippen LogP contribution in [0.1, 0.15) is 34.8 Å². The smallest absolute Gasteiger partial charge is 0.270 e. The number of halogens is 1. The molecule has 1 fully saturated rings. The lowest BCUT2D eigenvalue weighted by atomic mass is 10.0. The van der Waals surface area contributed by atoms with Crippen molar-refractivity contribution in [3.05, 3.63) is 62.7 Å². The van der Waals surface area contributed by atoms with Gasteiger partial charge in [0.2, 0.25) is 6.79 Å². The summed E-state index contributed by atoms with van der Waals surface area (Å²) in [5.41, 5.74) is 0.937. The van der Waals surface area contributed by atoms with E-state index in [1.165, 1.54) is 18.2 Å². The molecule has 2 aliphatic rings. The molecule has 0 bridgehead atoms. The van der Waals surface area contributed by atoms with Gasteiger partial charge in [-0.15, -0.1) is 0 Å². The van der Waals surface area contributed by atoms with E-state index in [4.69, 9.17) is 21.1 Å². The molecule has 1 atom stereocenters. The van der Waals surface area contributed by atoms with E-state index >= 15 is 0 Å². The Morgan fingerprint density at radius 2 is 2.00 bits per heavy atom. The zero-order valence-corrected chi connectivity index (χ0v) is 14.4. The molecule has 134 valence electrons. The van der Waals surface area contributed by atoms with Crippen LogP contribution in [-0.4, -0.2) is 29.1 Å². The number of amides is 1. The van der Waals surface area contributed by atoms with Crippen molar-refractivity contribution in [2.45, 2.75) is 18.9 Å². The zero-order valence-electron chi connectivity index (χ0n) is 13.7. The summed E-state index contributed by atoms with van der Waals surface area (Å²) in [6.07, 6.45) is 1.65. The number of nitro groups is 1. The Hall–Kier alpha value is -2.80. The van der Waals surface area contributed by atoms with Gasteiger partial charge >= 0.3 is 0 Å². The summed E-state index contributed by atoms with van der Waals surface area (Å²) >= 11 is 6.14. The third-order valence-corrected chi connectivity index (χ3v) is 5.02. The fourth-order valence-electron chi connectivity index (χ4n) is 3.42. The Kier molecular flexibility index (Phi) is 4.16. The second-order valence-corrected chi connectivity index (χ2v) is 6.60. The highest BCUT2D eigenvalue weighted by Crippen LogP contribution is 2.40. The average Bonchev–Trinajstić information content (AvgIpc) is 3.29. The number of nitro benzene ring substituents is 1. The van der Waals surface area contributed by atoms with Crippen LogP contribution >= 0.6 is 11.6 Å². The van der Waals surface area contributed by atoms with Crippen LogP contribution in [0.3, 0.4) is 0 Å². The molecule has 2 heterocycles. The molecule has 1 amide bonds. The van der Waals surface area contributed by atoms with Gasteiger partial charge in [0.1, 0.15) is 0 Å². The number of likely N-dealkylation sites (tertiary alicyclic amines) is 1. The van der Waals surface area contributed by atoms with Crippen LogP contribution in [0.2, 0.25) is 5.02 Å². The molecule has 8 heteroatoms. The summed E-state index contributed by atoms with van der Waals surface area (Å²) in [5, 5.41) is 11.2. The van der Waals surface area contributed by atoms with Crippen molar-refractivity contribution in [3.63, 3.8) is 0 Å². The Balaban J connectivity index is 1.65. The average molecular weight is 375 g/mol. The number of hydrogen-bond donors (Lipinski definition) is 0. The summed E-state index contributed by atoms with van der Waals surface area (Å²) in [6.45, 7) is 0.756. The van der Waals surface area contributed by atoms with Crippen LogP contribution in [0.5, 0.6) is 11.5 Å². The summed E-state index contributed by atoms with van der Waals surface area (Å²) < 4.78 is 10.7. The first-order valence-corrected chi connectivity index (χ1v) is 8.57. The Morgan fingerprint density at radius 3 is 2.81 bits per heavy atom. The minimum Gasteiger partial charge on any atom is -0.454 e. The second-order valence-electron chi connectivity index (χ2n) is 6.19. The number of hydrogen-bond acceptors (Lipinski definition) is 5. The topological polar surface area (TPSA) is 81.9 Å². The lowest BCUT2D eigenvalue weighted by Gasteiger charge is -2.25. The Labute approximate surface area is 154 Å². The molecule has 2 aromatic carbocycles. The van der Waals surface area contributed by atoms with Gasteiger partial charge in [0, 0.05) is 18.7 Å². The number of fused-ring (bicyclic) bond motifs is 1. The van der Waals surface area contributed by atoms with E-state index < -0.39 is 4.92 Å². The molecular formula is C18H15ClN2O5. The maximum absolute atomic E-state index is 13.0. The van der Waals surface area contributed by atoms with Crippen molar-refractivity contribution < 1.29 is 19.2 Å². The van der Waals surface area contributed by atoms with Crippen LogP contribution < -0.4 is 9.47 Å². The first-order valence-electron chi connectivity index (χ1n) is 8.19. The lowest BCUT2D eigenvalue weighted by Crippen LogP contribution is -2.30. The standard InChI is InChI=1S/C18H15ClN2O5/c19-14-5-4-12(21(23)24)9-13(14)18(22)20-7-1-2-15(20)11-3-6-16-17(8-11)26-10-25-16/h3-6,8-9,15H,1-2,7,10H2. The van der Waals surface area contributed by atoms with Crippen molar-refractivity contribution in [1.82, 2.24) is 4.90 Å². The first-order chi connectivity index (χ1) is 12.5. The van der Waals surface area contributed by atoms with Crippen LogP contribution in [0, 0.1) is 10.1 Å². The number of rotatable bonds is 3. The van der Waals surface area contributed by atoms with Gasteiger partial charge < -0.3 is 14.4 Å². The number of ether oxygens (including phenoxy) is 2. The minimum absolute atomic E-state index is 0.132. The molecule has 0 aliphatic carbocycles.